The van der Waals surface area contributed by atoms with Gasteiger partial charge in [-0.3, -0.25) is 9.59 Å². The number of aromatic amines is 1. The lowest BCUT2D eigenvalue weighted by Crippen LogP contribution is -2.36. The lowest BCUT2D eigenvalue weighted by Gasteiger charge is -2.30. The summed E-state index contributed by atoms with van der Waals surface area (Å²) in [5.74, 6) is 0.247. The molecule has 144 valence electrons. The minimum atomic E-state index is -0.254. The van der Waals surface area contributed by atoms with Crippen molar-refractivity contribution >= 4 is 22.6 Å². The number of amides is 1. The molecule has 2 heterocycles. The van der Waals surface area contributed by atoms with Crippen LogP contribution in [0.1, 0.15) is 41.4 Å². The third-order valence-corrected chi connectivity index (χ3v) is 5.18. The van der Waals surface area contributed by atoms with Crippen LogP contribution in [0.2, 0.25) is 0 Å². The second-order valence-electron chi connectivity index (χ2n) is 6.99. The fourth-order valence-corrected chi connectivity index (χ4v) is 3.84. The maximum absolute atomic E-state index is 13.6. The SMILES string of the molecule is CCCc1nc2ccc(OC)c(C(=O)N3CCCc4ccccc43)c2[nH]c1=O. The molecule has 6 heteroatoms. The number of fused-ring (bicyclic) bond motifs is 2. The molecule has 2 aromatic carbocycles. The van der Waals surface area contributed by atoms with Gasteiger partial charge in [-0.15, -0.1) is 0 Å². The zero-order valence-corrected chi connectivity index (χ0v) is 16.1. The van der Waals surface area contributed by atoms with E-state index in [-0.39, 0.29) is 11.5 Å². The number of nitrogens with zero attached hydrogens (tertiary/aromatic N) is 2. The molecule has 1 aliphatic rings. The summed E-state index contributed by atoms with van der Waals surface area (Å²) >= 11 is 0. The molecule has 1 N–H and O–H groups in total. The number of rotatable bonds is 4. The first-order chi connectivity index (χ1) is 13.6. The predicted molar refractivity (Wildman–Crippen MR) is 109 cm³/mol. The Bertz CT molecular complexity index is 1100. The van der Waals surface area contributed by atoms with Gasteiger partial charge in [0.15, 0.2) is 0 Å². The fraction of sp³-hybridized carbons (Fsp3) is 0.318. The highest BCUT2D eigenvalue weighted by atomic mass is 16.5. The lowest BCUT2D eigenvalue weighted by atomic mass is 10.00. The van der Waals surface area contributed by atoms with Crippen LogP contribution in [0.4, 0.5) is 5.69 Å². The number of ether oxygens (including phenoxy) is 1. The highest BCUT2D eigenvalue weighted by Crippen LogP contribution is 2.32. The molecule has 1 amide bonds. The molecule has 0 saturated heterocycles. The largest absolute Gasteiger partial charge is 0.496 e. The van der Waals surface area contributed by atoms with E-state index >= 15 is 0 Å². The molecule has 0 spiro atoms. The molecular weight excluding hydrogens is 354 g/mol. The van der Waals surface area contributed by atoms with Crippen LogP contribution in [0.3, 0.4) is 0 Å². The van der Waals surface area contributed by atoms with Crippen LogP contribution < -0.4 is 15.2 Å². The minimum Gasteiger partial charge on any atom is -0.496 e. The molecule has 0 saturated carbocycles. The van der Waals surface area contributed by atoms with Crippen molar-refractivity contribution in [3.63, 3.8) is 0 Å². The van der Waals surface area contributed by atoms with Crippen molar-refractivity contribution in [2.45, 2.75) is 32.6 Å². The number of hydrogen-bond acceptors (Lipinski definition) is 4. The number of nitrogens with one attached hydrogen (secondary N) is 1. The summed E-state index contributed by atoms with van der Waals surface area (Å²) < 4.78 is 5.47. The van der Waals surface area contributed by atoms with Crippen LogP contribution in [0.5, 0.6) is 5.75 Å². The number of benzene rings is 2. The van der Waals surface area contributed by atoms with Crippen LogP contribution in [0.15, 0.2) is 41.2 Å². The van der Waals surface area contributed by atoms with E-state index in [0.717, 1.165) is 30.5 Å². The molecule has 6 nitrogen and oxygen atoms in total. The number of methoxy groups -OCH3 is 1. The molecule has 0 fully saturated rings. The van der Waals surface area contributed by atoms with Crippen molar-refractivity contribution in [2.24, 2.45) is 0 Å². The Hall–Kier alpha value is -3.15. The summed E-state index contributed by atoms with van der Waals surface area (Å²) in [6.45, 7) is 2.63. The highest BCUT2D eigenvalue weighted by Gasteiger charge is 2.28. The van der Waals surface area contributed by atoms with Crippen molar-refractivity contribution in [1.82, 2.24) is 9.97 Å². The van der Waals surface area contributed by atoms with Gasteiger partial charge >= 0.3 is 0 Å². The van der Waals surface area contributed by atoms with Gasteiger partial charge in [-0.2, -0.15) is 0 Å². The molecule has 28 heavy (non-hydrogen) atoms. The van der Waals surface area contributed by atoms with E-state index in [2.05, 4.69) is 16.0 Å². The number of H-pyrrole nitrogens is 1. The van der Waals surface area contributed by atoms with E-state index in [1.165, 1.54) is 7.11 Å². The minimum absolute atomic E-state index is 0.185. The zero-order valence-electron chi connectivity index (χ0n) is 16.1. The highest BCUT2D eigenvalue weighted by molar-refractivity contribution is 6.15. The quantitative estimate of drug-likeness (QED) is 0.755. The van der Waals surface area contributed by atoms with Gasteiger partial charge in [-0.1, -0.05) is 31.5 Å². The average Bonchev–Trinajstić information content (AvgIpc) is 2.73. The Morgan fingerprint density at radius 2 is 2.07 bits per heavy atom. The maximum atomic E-state index is 13.6. The van der Waals surface area contributed by atoms with Crippen LogP contribution in [0, 0.1) is 0 Å². The zero-order chi connectivity index (χ0) is 19.7. The summed E-state index contributed by atoms with van der Waals surface area (Å²) in [4.78, 5) is 35.2. The summed E-state index contributed by atoms with van der Waals surface area (Å²) in [7, 11) is 1.53. The van der Waals surface area contributed by atoms with E-state index in [4.69, 9.17) is 4.74 Å². The van der Waals surface area contributed by atoms with Crippen LogP contribution >= 0.6 is 0 Å². The van der Waals surface area contributed by atoms with E-state index in [1.807, 2.05) is 25.1 Å². The van der Waals surface area contributed by atoms with Crippen molar-refractivity contribution < 1.29 is 9.53 Å². The number of hydrogen-bond donors (Lipinski definition) is 1. The topological polar surface area (TPSA) is 75.3 Å². The van der Waals surface area contributed by atoms with Gasteiger partial charge in [0.2, 0.25) is 0 Å². The van der Waals surface area contributed by atoms with Crippen molar-refractivity contribution in [3.8, 4) is 5.75 Å². The second kappa shape index (κ2) is 7.46. The molecular formula is C22H23N3O3. The van der Waals surface area contributed by atoms with E-state index in [0.29, 0.717) is 41.0 Å². The Kier molecular flexibility index (Phi) is 4.86. The molecule has 0 atom stereocenters. The number of aromatic nitrogens is 2. The normalized spacial score (nSPS) is 13.4. The first kappa shape index (κ1) is 18.2. The van der Waals surface area contributed by atoms with Crippen LogP contribution in [-0.2, 0) is 12.8 Å². The standard InChI is InChI=1S/C22H23N3O3/c1-3-7-16-21(26)24-20-15(23-16)11-12-18(28-2)19(20)22(27)25-13-6-9-14-8-4-5-10-17(14)25/h4-5,8,10-12H,3,6-7,9,13H2,1-2H3,(H,24,26). The van der Waals surface area contributed by atoms with Crippen molar-refractivity contribution in [2.75, 3.05) is 18.6 Å². The first-order valence-corrected chi connectivity index (χ1v) is 9.63. The Balaban J connectivity index is 1.89. The molecule has 4 rings (SSSR count). The molecule has 0 unspecified atom stereocenters. The van der Waals surface area contributed by atoms with Gasteiger partial charge < -0.3 is 14.6 Å². The summed E-state index contributed by atoms with van der Waals surface area (Å²) in [6.07, 6.45) is 3.27. The summed E-state index contributed by atoms with van der Waals surface area (Å²) in [6, 6.07) is 11.5. The van der Waals surface area contributed by atoms with Gasteiger partial charge in [0.1, 0.15) is 17.0 Å². The Morgan fingerprint density at radius 3 is 2.86 bits per heavy atom. The van der Waals surface area contributed by atoms with Gasteiger partial charge in [-0.25, -0.2) is 4.98 Å². The lowest BCUT2D eigenvalue weighted by molar-refractivity contribution is 0.0983. The number of aryl methyl sites for hydroxylation is 2. The summed E-state index contributed by atoms with van der Waals surface area (Å²) in [5.41, 5.74) is 3.67. The third kappa shape index (κ3) is 3.05. The molecule has 0 bridgehead atoms. The second-order valence-corrected chi connectivity index (χ2v) is 6.99. The van der Waals surface area contributed by atoms with Gasteiger partial charge in [0.25, 0.3) is 11.5 Å². The molecule has 1 aliphatic heterocycles. The van der Waals surface area contributed by atoms with Crippen LogP contribution in [0.25, 0.3) is 11.0 Å². The maximum Gasteiger partial charge on any atom is 0.270 e. The van der Waals surface area contributed by atoms with Crippen molar-refractivity contribution in [1.29, 1.82) is 0 Å². The van der Waals surface area contributed by atoms with Gasteiger partial charge in [-0.05, 0) is 43.0 Å². The number of anilines is 1. The number of carbonyl (C=O) groups is 1. The Morgan fingerprint density at radius 1 is 1.25 bits per heavy atom. The van der Waals surface area contributed by atoms with Gasteiger partial charge in [0.05, 0.1) is 18.1 Å². The third-order valence-electron chi connectivity index (χ3n) is 5.18. The number of carbonyl (C=O) groups excluding carboxylic acids is 1. The predicted octanol–water partition coefficient (Wildman–Crippen LogP) is 3.48. The van der Waals surface area contributed by atoms with E-state index in [9.17, 15) is 9.59 Å². The Labute approximate surface area is 163 Å². The fourth-order valence-electron chi connectivity index (χ4n) is 3.84. The molecule has 0 radical (unpaired) electrons. The molecule has 0 aliphatic carbocycles. The first-order valence-electron chi connectivity index (χ1n) is 9.63. The smallest absolute Gasteiger partial charge is 0.270 e. The van der Waals surface area contributed by atoms with E-state index < -0.39 is 0 Å². The van der Waals surface area contributed by atoms with Crippen molar-refractivity contribution in [3.05, 3.63) is 63.6 Å². The summed E-state index contributed by atoms with van der Waals surface area (Å²) in [5, 5.41) is 0. The monoisotopic (exact) mass is 377 g/mol. The van der Waals surface area contributed by atoms with Gasteiger partial charge in [0, 0.05) is 12.2 Å². The van der Waals surface area contributed by atoms with Crippen LogP contribution in [-0.4, -0.2) is 29.5 Å². The average molecular weight is 377 g/mol. The molecule has 1 aromatic heterocycles. The number of para-hydroxylation sites is 1. The molecule has 3 aromatic rings. The van der Waals surface area contributed by atoms with E-state index in [1.54, 1.807) is 17.0 Å².